The number of pyridine rings is 1. The third-order valence-corrected chi connectivity index (χ3v) is 2.22. The lowest BCUT2D eigenvalue weighted by molar-refractivity contribution is 0.0690. The molecule has 1 N–H and O–H groups in total. The number of nitriles is 2. The van der Waals surface area contributed by atoms with Crippen molar-refractivity contribution in [2.45, 2.75) is 0 Å². The van der Waals surface area contributed by atoms with E-state index in [0.29, 0.717) is 5.69 Å². The summed E-state index contributed by atoms with van der Waals surface area (Å²) < 4.78 is 1.37. The maximum absolute atomic E-state index is 10.6. The van der Waals surface area contributed by atoms with Gasteiger partial charge in [-0.05, 0) is 12.1 Å². The lowest BCUT2D eigenvalue weighted by Crippen LogP contribution is -2.02. The monoisotopic (exact) mass is 239 g/mol. The zero-order valence-corrected chi connectivity index (χ0v) is 8.90. The number of aromatic nitrogens is 3. The van der Waals surface area contributed by atoms with E-state index < -0.39 is 5.97 Å². The number of nitrogens with zero attached hydrogens (tertiary/aromatic N) is 5. The van der Waals surface area contributed by atoms with Gasteiger partial charge < -0.3 is 5.11 Å². The first kappa shape index (κ1) is 11.3. The molecule has 86 valence electrons. The highest BCUT2D eigenvalue weighted by molar-refractivity contribution is 5.85. The molecule has 7 nitrogen and oxygen atoms in total. The maximum Gasteiger partial charge on any atom is 0.354 e. The Morgan fingerprint density at radius 3 is 2.56 bits per heavy atom. The van der Waals surface area contributed by atoms with Crippen molar-refractivity contribution < 1.29 is 9.90 Å². The zero-order valence-electron chi connectivity index (χ0n) is 8.90. The van der Waals surface area contributed by atoms with Crippen LogP contribution in [0.1, 0.15) is 21.9 Å². The Labute approximate surface area is 101 Å². The van der Waals surface area contributed by atoms with Gasteiger partial charge in [-0.15, -0.1) is 0 Å². The van der Waals surface area contributed by atoms with Crippen molar-refractivity contribution in [3.63, 3.8) is 0 Å². The van der Waals surface area contributed by atoms with Crippen molar-refractivity contribution in [3.05, 3.63) is 41.7 Å². The molecule has 0 saturated carbocycles. The van der Waals surface area contributed by atoms with Crippen molar-refractivity contribution in [3.8, 4) is 17.8 Å². The van der Waals surface area contributed by atoms with Gasteiger partial charge >= 0.3 is 5.97 Å². The van der Waals surface area contributed by atoms with E-state index in [2.05, 4.69) is 9.97 Å². The average Bonchev–Trinajstić information content (AvgIpc) is 2.81. The van der Waals surface area contributed by atoms with Crippen LogP contribution in [0.2, 0.25) is 0 Å². The summed E-state index contributed by atoms with van der Waals surface area (Å²) in [5.74, 6) is -1.13. The second-order valence-corrected chi connectivity index (χ2v) is 3.24. The molecule has 0 aliphatic rings. The first-order valence-corrected chi connectivity index (χ1v) is 4.74. The van der Waals surface area contributed by atoms with E-state index in [9.17, 15) is 4.79 Å². The largest absolute Gasteiger partial charge is 0.477 e. The molecule has 0 aliphatic heterocycles. The number of hydrogen-bond acceptors (Lipinski definition) is 5. The van der Waals surface area contributed by atoms with Gasteiger partial charge in [0.2, 0.25) is 0 Å². The first-order chi connectivity index (χ1) is 8.67. The molecule has 0 fully saturated rings. The van der Waals surface area contributed by atoms with Crippen LogP contribution in [0.15, 0.2) is 24.7 Å². The highest BCUT2D eigenvalue weighted by atomic mass is 16.4. The predicted molar refractivity (Wildman–Crippen MR) is 57.7 cm³/mol. The molecule has 2 aromatic rings. The SMILES string of the molecule is N#Cc1ncn(-c2ccc(C(=O)O)nc2)c1C#N. The van der Waals surface area contributed by atoms with E-state index in [4.69, 9.17) is 15.6 Å². The summed E-state index contributed by atoms with van der Waals surface area (Å²) in [6, 6.07) is 6.46. The summed E-state index contributed by atoms with van der Waals surface area (Å²) >= 11 is 0. The van der Waals surface area contributed by atoms with Crippen LogP contribution in [0.5, 0.6) is 0 Å². The van der Waals surface area contributed by atoms with Crippen LogP contribution in [-0.4, -0.2) is 25.6 Å². The van der Waals surface area contributed by atoms with E-state index in [-0.39, 0.29) is 17.1 Å². The second kappa shape index (κ2) is 4.36. The van der Waals surface area contributed by atoms with Gasteiger partial charge in [0, 0.05) is 0 Å². The number of imidazole rings is 1. The molecular weight excluding hydrogens is 234 g/mol. The molecule has 0 aliphatic carbocycles. The van der Waals surface area contributed by atoms with Crippen LogP contribution in [-0.2, 0) is 0 Å². The lowest BCUT2D eigenvalue weighted by Gasteiger charge is -2.02. The minimum atomic E-state index is -1.13. The molecular formula is C11H5N5O2. The highest BCUT2D eigenvalue weighted by Crippen LogP contribution is 2.13. The standard InChI is InChI=1S/C11H5N5O2/c12-3-9-10(4-13)16(6-15-9)7-1-2-8(11(17)18)14-5-7/h1-2,5-6H,(H,17,18). The highest BCUT2D eigenvalue weighted by Gasteiger charge is 2.12. The summed E-state index contributed by atoms with van der Waals surface area (Å²) in [5.41, 5.74) is 0.464. The topological polar surface area (TPSA) is 116 Å². The molecule has 0 bridgehead atoms. The molecule has 0 atom stereocenters. The molecule has 0 radical (unpaired) electrons. The zero-order chi connectivity index (χ0) is 13.1. The second-order valence-electron chi connectivity index (χ2n) is 3.24. The third-order valence-electron chi connectivity index (χ3n) is 2.22. The van der Waals surface area contributed by atoms with Gasteiger partial charge in [0.1, 0.15) is 24.2 Å². The Kier molecular flexibility index (Phi) is 2.73. The fraction of sp³-hybridized carbons (Fsp3) is 0. The molecule has 2 rings (SSSR count). The van der Waals surface area contributed by atoms with Crippen LogP contribution >= 0.6 is 0 Å². The number of rotatable bonds is 2. The molecule has 2 heterocycles. The number of aromatic carboxylic acids is 1. The number of carbonyl (C=O) groups is 1. The van der Waals surface area contributed by atoms with Crippen molar-refractivity contribution in [2.24, 2.45) is 0 Å². The maximum atomic E-state index is 10.6. The van der Waals surface area contributed by atoms with Crippen LogP contribution in [0.25, 0.3) is 5.69 Å². The average molecular weight is 239 g/mol. The van der Waals surface area contributed by atoms with E-state index in [1.165, 1.54) is 29.2 Å². The van der Waals surface area contributed by atoms with Crippen LogP contribution in [0.4, 0.5) is 0 Å². The van der Waals surface area contributed by atoms with Gasteiger partial charge in [-0.1, -0.05) is 0 Å². The van der Waals surface area contributed by atoms with Gasteiger partial charge in [-0.3, -0.25) is 4.57 Å². The van der Waals surface area contributed by atoms with Gasteiger partial charge in [0.15, 0.2) is 11.4 Å². The Morgan fingerprint density at radius 1 is 1.28 bits per heavy atom. The van der Waals surface area contributed by atoms with Gasteiger partial charge in [0.05, 0.1) is 11.9 Å². The van der Waals surface area contributed by atoms with Gasteiger partial charge in [-0.25, -0.2) is 14.8 Å². The third kappa shape index (κ3) is 1.77. The van der Waals surface area contributed by atoms with E-state index in [0.717, 1.165) is 0 Å². The minimum absolute atomic E-state index is 0.0137. The Bertz CT molecular complexity index is 688. The van der Waals surface area contributed by atoms with Gasteiger partial charge in [-0.2, -0.15) is 10.5 Å². The number of carboxylic acid groups (broad SMARTS) is 1. The van der Waals surface area contributed by atoms with Crippen molar-refractivity contribution in [1.82, 2.24) is 14.5 Å². The van der Waals surface area contributed by atoms with Crippen LogP contribution < -0.4 is 0 Å². The minimum Gasteiger partial charge on any atom is -0.477 e. The van der Waals surface area contributed by atoms with E-state index in [1.807, 2.05) is 6.07 Å². The van der Waals surface area contributed by atoms with E-state index >= 15 is 0 Å². The molecule has 0 amide bonds. The number of hydrogen-bond donors (Lipinski definition) is 1. The summed E-state index contributed by atoms with van der Waals surface area (Å²) in [6.45, 7) is 0. The molecule has 2 aromatic heterocycles. The fourth-order valence-corrected chi connectivity index (χ4v) is 1.39. The smallest absolute Gasteiger partial charge is 0.354 e. The fourth-order valence-electron chi connectivity index (χ4n) is 1.39. The Balaban J connectivity index is 2.51. The molecule has 18 heavy (non-hydrogen) atoms. The predicted octanol–water partition coefficient (Wildman–Crippen LogP) is 0.709. The normalized spacial score (nSPS) is 9.44. The molecule has 7 heteroatoms. The quantitative estimate of drug-likeness (QED) is 0.824. The summed E-state index contributed by atoms with van der Waals surface area (Å²) in [5, 5.41) is 26.4. The van der Waals surface area contributed by atoms with Crippen molar-refractivity contribution in [1.29, 1.82) is 10.5 Å². The first-order valence-electron chi connectivity index (χ1n) is 4.74. The Hall–Kier alpha value is -3.19. The molecule has 0 spiro atoms. The van der Waals surface area contributed by atoms with Gasteiger partial charge in [0.25, 0.3) is 0 Å². The Morgan fingerprint density at radius 2 is 2.06 bits per heavy atom. The van der Waals surface area contributed by atoms with Crippen LogP contribution in [0.3, 0.4) is 0 Å². The van der Waals surface area contributed by atoms with Crippen molar-refractivity contribution >= 4 is 5.97 Å². The molecule has 0 saturated heterocycles. The summed E-state index contributed by atoms with van der Waals surface area (Å²) in [4.78, 5) is 18.1. The summed E-state index contributed by atoms with van der Waals surface area (Å²) in [6.07, 6.45) is 2.61. The molecule has 0 unspecified atom stereocenters. The van der Waals surface area contributed by atoms with E-state index in [1.54, 1.807) is 6.07 Å². The summed E-state index contributed by atoms with van der Waals surface area (Å²) in [7, 11) is 0. The lowest BCUT2D eigenvalue weighted by atomic mass is 10.3. The van der Waals surface area contributed by atoms with Crippen molar-refractivity contribution in [2.75, 3.05) is 0 Å². The van der Waals surface area contributed by atoms with Crippen LogP contribution in [0, 0.1) is 22.7 Å². The number of carboxylic acids is 1. The molecule has 0 aromatic carbocycles.